The Bertz CT molecular complexity index is 1210. The highest BCUT2D eigenvalue weighted by molar-refractivity contribution is 7.93. The van der Waals surface area contributed by atoms with E-state index in [2.05, 4.69) is 20.3 Å². The Morgan fingerprint density at radius 1 is 1.20 bits per heavy atom. The number of nitrogens with zero attached hydrogens (tertiary/aromatic N) is 2. The molecule has 0 atom stereocenters. The Labute approximate surface area is 216 Å². The third kappa shape index (κ3) is 9.18. The van der Waals surface area contributed by atoms with Gasteiger partial charge in [0.05, 0.1) is 22.1 Å². The molecular formula is C20H22Cl2F3N5O3S2. The van der Waals surface area contributed by atoms with Crippen molar-refractivity contribution in [1.29, 1.82) is 0 Å². The molecule has 1 aromatic heterocycles. The molecule has 0 saturated carbocycles. The van der Waals surface area contributed by atoms with Crippen molar-refractivity contribution in [3.05, 3.63) is 58.8 Å². The zero-order chi connectivity index (χ0) is 25.3. The third-order valence-corrected chi connectivity index (χ3v) is 6.73. The van der Waals surface area contributed by atoms with Gasteiger partial charge in [-0.15, -0.1) is 32.5 Å². The van der Waals surface area contributed by atoms with Crippen LogP contribution in [0.2, 0.25) is 5.02 Å². The first-order chi connectivity index (χ1) is 16.0. The van der Waals surface area contributed by atoms with Crippen molar-refractivity contribution in [1.82, 2.24) is 10.3 Å². The van der Waals surface area contributed by atoms with E-state index < -0.39 is 27.0 Å². The van der Waals surface area contributed by atoms with Gasteiger partial charge in [0.2, 0.25) is 0 Å². The number of carbonyl (C=O) groups excluding carboxylic acids is 1. The Balaban J connectivity index is 0.00000114. The number of carbonyl (C=O) groups is 1. The summed E-state index contributed by atoms with van der Waals surface area (Å²) >= 11 is 7.39. The molecule has 0 aliphatic heterocycles. The number of nitrogens with one attached hydrogen (secondary N) is 3. The molecule has 3 N–H and O–H groups in total. The van der Waals surface area contributed by atoms with Crippen LogP contribution in [0.5, 0.6) is 0 Å². The molecule has 2 aromatic carbocycles. The normalized spacial score (nSPS) is 10.5. The molecule has 3 aromatic rings. The standard InChI is InChI=1S/C19H21ClFN5O2S2.CF2O.ClH/c1-22-7-9-26(2)17-6-4-3-5-15(17)24-16-12-14(21)18(11-13(16)20)30(27,28)25-19-23-8-10-29-19;2-1(3)4;/h3-6,8,10-12,22,24H,7,9H2,1-2H3,(H,23,25);;1H. The van der Waals surface area contributed by atoms with Crippen LogP contribution in [0.3, 0.4) is 0 Å². The van der Waals surface area contributed by atoms with Crippen molar-refractivity contribution in [2.45, 2.75) is 4.90 Å². The van der Waals surface area contributed by atoms with Crippen LogP contribution in [0.4, 0.5) is 40.2 Å². The summed E-state index contributed by atoms with van der Waals surface area (Å²) in [5.41, 5.74) is 1.87. The number of anilines is 4. The SMILES string of the molecule is CNCCN(C)c1ccccc1Nc1cc(F)c(S(=O)(=O)Nc2nccs2)cc1Cl.Cl.O=C(F)F. The summed E-state index contributed by atoms with van der Waals surface area (Å²) in [6, 6.07) is 9.68. The number of benzene rings is 2. The minimum Gasteiger partial charge on any atom is -0.372 e. The fourth-order valence-electron chi connectivity index (χ4n) is 2.73. The van der Waals surface area contributed by atoms with Gasteiger partial charge in [0.25, 0.3) is 10.0 Å². The molecule has 35 heavy (non-hydrogen) atoms. The number of hydrogen-bond acceptors (Lipinski definition) is 8. The number of halogens is 5. The van der Waals surface area contributed by atoms with Gasteiger partial charge in [0.1, 0.15) is 10.7 Å². The highest BCUT2D eigenvalue weighted by atomic mass is 35.5. The van der Waals surface area contributed by atoms with Gasteiger partial charge in [-0.1, -0.05) is 23.7 Å². The van der Waals surface area contributed by atoms with E-state index in [1.165, 1.54) is 6.20 Å². The number of rotatable bonds is 9. The number of sulfonamides is 1. The molecule has 0 aliphatic rings. The lowest BCUT2D eigenvalue weighted by Crippen LogP contribution is -2.27. The van der Waals surface area contributed by atoms with Crippen LogP contribution in [0.15, 0.2) is 52.9 Å². The maximum atomic E-state index is 14.7. The first-order valence-corrected chi connectivity index (χ1v) is 12.3. The highest BCUT2D eigenvalue weighted by Gasteiger charge is 2.23. The van der Waals surface area contributed by atoms with E-state index >= 15 is 0 Å². The molecule has 0 spiro atoms. The second-order valence-electron chi connectivity index (χ2n) is 6.60. The average Bonchev–Trinajstić information content (AvgIpc) is 3.26. The minimum atomic E-state index is -4.16. The highest BCUT2D eigenvalue weighted by Crippen LogP contribution is 2.34. The van der Waals surface area contributed by atoms with E-state index in [0.717, 1.165) is 42.2 Å². The van der Waals surface area contributed by atoms with Crippen molar-refractivity contribution in [3.63, 3.8) is 0 Å². The van der Waals surface area contributed by atoms with E-state index in [0.29, 0.717) is 5.69 Å². The average molecular weight is 572 g/mol. The van der Waals surface area contributed by atoms with Crippen LogP contribution in [-0.4, -0.2) is 46.9 Å². The van der Waals surface area contributed by atoms with Gasteiger partial charge in [-0.3, -0.25) is 4.72 Å². The lowest BCUT2D eigenvalue weighted by molar-refractivity contribution is 0.199. The number of hydrogen-bond donors (Lipinski definition) is 3. The summed E-state index contributed by atoms with van der Waals surface area (Å²) < 4.78 is 61.4. The summed E-state index contributed by atoms with van der Waals surface area (Å²) in [7, 11) is -0.343. The first-order valence-electron chi connectivity index (χ1n) is 9.53. The van der Waals surface area contributed by atoms with Gasteiger partial charge in [-0.2, -0.15) is 0 Å². The second kappa shape index (κ2) is 14.1. The Hall–Kier alpha value is -2.58. The maximum absolute atomic E-state index is 14.7. The molecular weight excluding hydrogens is 550 g/mol. The molecule has 1 heterocycles. The van der Waals surface area contributed by atoms with Crippen molar-refractivity contribution >= 4 is 73.9 Å². The summed E-state index contributed by atoms with van der Waals surface area (Å²) in [6.45, 7) is 1.55. The van der Waals surface area contributed by atoms with E-state index in [9.17, 15) is 21.6 Å². The molecule has 0 bridgehead atoms. The number of likely N-dealkylation sites (N-methyl/N-ethyl adjacent to an activating group) is 2. The third-order valence-electron chi connectivity index (χ3n) is 4.25. The monoisotopic (exact) mass is 571 g/mol. The van der Waals surface area contributed by atoms with Gasteiger partial charge in [-0.25, -0.2) is 22.6 Å². The van der Waals surface area contributed by atoms with Gasteiger partial charge >= 0.3 is 6.29 Å². The van der Waals surface area contributed by atoms with Gasteiger partial charge in [0.15, 0.2) is 5.13 Å². The Morgan fingerprint density at radius 3 is 2.46 bits per heavy atom. The molecule has 0 saturated heterocycles. The van der Waals surface area contributed by atoms with Crippen LogP contribution in [0.1, 0.15) is 0 Å². The predicted molar refractivity (Wildman–Crippen MR) is 136 cm³/mol. The number of aromatic nitrogens is 1. The molecule has 8 nitrogen and oxygen atoms in total. The molecule has 0 unspecified atom stereocenters. The maximum Gasteiger partial charge on any atom is 0.483 e. The lowest BCUT2D eigenvalue weighted by Gasteiger charge is -2.23. The summed E-state index contributed by atoms with van der Waals surface area (Å²) in [4.78, 5) is 13.5. The zero-order valence-electron chi connectivity index (χ0n) is 18.4. The van der Waals surface area contributed by atoms with Crippen LogP contribution < -0.4 is 20.3 Å². The fraction of sp³-hybridized carbons (Fsp3) is 0.200. The van der Waals surface area contributed by atoms with Crippen LogP contribution in [-0.2, 0) is 10.0 Å². The predicted octanol–water partition coefficient (Wildman–Crippen LogP) is 5.60. The fourth-order valence-corrected chi connectivity index (χ4v) is 4.88. The number of para-hydroxylation sites is 2. The van der Waals surface area contributed by atoms with E-state index in [1.54, 1.807) is 5.38 Å². The Kier molecular flexibility index (Phi) is 12.3. The lowest BCUT2D eigenvalue weighted by atomic mass is 10.2. The molecule has 0 amide bonds. The van der Waals surface area contributed by atoms with Crippen LogP contribution in [0, 0.1) is 5.82 Å². The molecule has 15 heteroatoms. The van der Waals surface area contributed by atoms with Crippen molar-refractivity contribution in [2.75, 3.05) is 42.1 Å². The molecule has 0 aliphatic carbocycles. The quantitative estimate of drug-likeness (QED) is 0.287. The largest absolute Gasteiger partial charge is 0.483 e. The second-order valence-corrected chi connectivity index (χ2v) is 9.55. The topological polar surface area (TPSA) is 103 Å². The van der Waals surface area contributed by atoms with E-state index in [-0.39, 0.29) is 28.2 Å². The van der Waals surface area contributed by atoms with E-state index in [1.807, 2.05) is 43.3 Å². The van der Waals surface area contributed by atoms with Crippen LogP contribution in [0.25, 0.3) is 0 Å². The van der Waals surface area contributed by atoms with Gasteiger partial charge in [-0.05, 0) is 25.2 Å². The van der Waals surface area contributed by atoms with Crippen molar-refractivity contribution in [2.24, 2.45) is 0 Å². The zero-order valence-corrected chi connectivity index (χ0v) is 21.6. The van der Waals surface area contributed by atoms with Crippen LogP contribution >= 0.6 is 35.3 Å². The Morgan fingerprint density at radius 2 is 1.86 bits per heavy atom. The molecule has 192 valence electrons. The molecule has 0 fully saturated rings. The first kappa shape index (κ1) is 30.5. The smallest absolute Gasteiger partial charge is 0.372 e. The number of thiazole rings is 1. The van der Waals surface area contributed by atoms with Crippen molar-refractivity contribution in [3.8, 4) is 0 Å². The van der Waals surface area contributed by atoms with E-state index in [4.69, 9.17) is 16.4 Å². The molecule has 3 rings (SSSR count). The summed E-state index contributed by atoms with van der Waals surface area (Å²) in [6.07, 6.45) is -1.39. The van der Waals surface area contributed by atoms with Crippen molar-refractivity contribution < 1.29 is 26.4 Å². The summed E-state index contributed by atoms with van der Waals surface area (Å²) in [5, 5.41) is 8.02. The summed E-state index contributed by atoms with van der Waals surface area (Å²) in [5.74, 6) is -0.924. The van der Waals surface area contributed by atoms with Gasteiger partial charge in [0, 0.05) is 37.8 Å². The minimum absolute atomic E-state index is 0. The molecule has 0 radical (unpaired) electrons. The van der Waals surface area contributed by atoms with Gasteiger partial charge < -0.3 is 15.5 Å².